The van der Waals surface area contributed by atoms with Crippen LogP contribution in [0.2, 0.25) is 0 Å². The molecule has 19 heavy (non-hydrogen) atoms. The highest BCUT2D eigenvalue weighted by molar-refractivity contribution is 5.78. The summed E-state index contributed by atoms with van der Waals surface area (Å²) in [4.78, 5) is 8.29. The van der Waals surface area contributed by atoms with Crippen LogP contribution in [0.1, 0.15) is 46.5 Å². The van der Waals surface area contributed by atoms with Crippen molar-refractivity contribution in [2.75, 3.05) is 16.2 Å². The maximum Gasteiger partial charge on any atom is 0.174 e. The number of nitrogens with two attached hydrogens (primary N) is 1. The van der Waals surface area contributed by atoms with Gasteiger partial charge in [-0.05, 0) is 18.8 Å². The number of hydrogen-bond donors (Lipinski definition) is 3. The zero-order valence-electron chi connectivity index (χ0n) is 12.0. The quantitative estimate of drug-likeness (QED) is 0.722. The molecule has 2 aliphatic rings. The molecule has 4 N–H and O–H groups in total. The predicted molar refractivity (Wildman–Crippen MR) is 78.4 cm³/mol. The highest BCUT2D eigenvalue weighted by Gasteiger charge is 2.31. The number of fused-ring (bicyclic) bond motifs is 1. The summed E-state index contributed by atoms with van der Waals surface area (Å²) in [6.07, 6.45) is 6.51. The largest absolute Gasteiger partial charge is 0.382 e. The first-order valence-corrected chi connectivity index (χ1v) is 7.17. The molecule has 2 atom stereocenters. The minimum Gasteiger partial charge on any atom is -0.382 e. The van der Waals surface area contributed by atoms with Crippen LogP contribution < -0.4 is 21.7 Å². The fourth-order valence-electron chi connectivity index (χ4n) is 2.76. The molecule has 0 aromatic carbocycles. The molecule has 1 aromatic rings. The Hall–Kier alpha value is -1.56. The van der Waals surface area contributed by atoms with E-state index in [0.717, 1.165) is 17.4 Å². The third kappa shape index (κ3) is 2.73. The van der Waals surface area contributed by atoms with E-state index in [2.05, 4.69) is 32.9 Å². The number of hydrazine groups is 2. The Morgan fingerprint density at radius 3 is 2.84 bits per heavy atom. The highest BCUT2D eigenvalue weighted by atomic mass is 15.7. The summed E-state index contributed by atoms with van der Waals surface area (Å²) in [7, 11) is 0. The number of anilines is 3. The lowest BCUT2D eigenvalue weighted by molar-refractivity contribution is 0.320. The van der Waals surface area contributed by atoms with Crippen LogP contribution in [0.4, 0.5) is 17.3 Å². The van der Waals surface area contributed by atoms with E-state index < -0.39 is 0 Å². The third-order valence-electron chi connectivity index (χ3n) is 3.66. The smallest absolute Gasteiger partial charge is 0.174 e. The maximum atomic E-state index is 5.81. The van der Waals surface area contributed by atoms with Crippen molar-refractivity contribution in [3.8, 4) is 0 Å². The standard InChI is InChI=1S/C11H18N6.C2H6/c1-7-3-2-4-8(5-7)17-11-9(15-16-17)10(12)13-6-14-11;1-2/h6-8,15-16H,2-5H2,1H3,(H2,12,13,14);1-2H3. The Balaban J connectivity index is 0.000000637. The third-order valence-corrected chi connectivity index (χ3v) is 3.66. The van der Waals surface area contributed by atoms with Crippen molar-refractivity contribution in [2.24, 2.45) is 5.92 Å². The van der Waals surface area contributed by atoms with E-state index in [1.165, 1.54) is 32.0 Å². The zero-order chi connectivity index (χ0) is 13.8. The van der Waals surface area contributed by atoms with Crippen molar-refractivity contribution >= 4 is 17.3 Å². The van der Waals surface area contributed by atoms with E-state index in [1.54, 1.807) is 0 Å². The maximum absolute atomic E-state index is 5.81. The molecule has 6 nitrogen and oxygen atoms in total. The van der Waals surface area contributed by atoms with Crippen LogP contribution in [0.15, 0.2) is 6.33 Å². The Kier molecular flexibility index (Phi) is 4.42. The summed E-state index contributed by atoms with van der Waals surface area (Å²) in [5.41, 5.74) is 12.8. The lowest BCUT2D eigenvalue weighted by Gasteiger charge is -2.33. The molecule has 2 heterocycles. The molecule has 3 rings (SSSR count). The van der Waals surface area contributed by atoms with E-state index in [0.29, 0.717) is 11.9 Å². The van der Waals surface area contributed by atoms with Gasteiger partial charge >= 0.3 is 0 Å². The summed E-state index contributed by atoms with van der Waals surface area (Å²) in [6.45, 7) is 6.31. The monoisotopic (exact) mass is 264 g/mol. The van der Waals surface area contributed by atoms with Crippen LogP contribution in [-0.2, 0) is 0 Å². The molecular weight excluding hydrogens is 240 g/mol. The average molecular weight is 264 g/mol. The second-order valence-corrected chi connectivity index (χ2v) is 4.99. The highest BCUT2D eigenvalue weighted by Crippen LogP contribution is 2.35. The molecule has 1 saturated carbocycles. The predicted octanol–water partition coefficient (Wildman–Crippen LogP) is 2.32. The second-order valence-electron chi connectivity index (χ2n) is 4.99. The van der Waals surface area contributed by atoms with Crippen LogP contribution in [0.25, 0.3) is 0 Å². The lowest BCUT2D eigenvalue weighted by atomic mass is 9.87. The zero-order valence-corrected chi connectivity index (χ0v) is 12.0. The summed E-state index contributed by atoms with van der Waals surface area (Å²) >= 11 is 0. The van der Waals surface area contributed by atoms with E-state index in [1.807, 2.05) is 13.8 Å². The molecule has 0 bridgehead atoms. The van der Waals surface area contributed by atoms with E-state index in [9.17, 15) is 0 Å². The lowest BCUT2D eigenvalue weighted by Crippen LogP contribution is -2.46. The van der Waals surface area contributed by atoms with Gasteiger partial charge in [-0.25, -0.2) is 9.97 Å². The number of nitrogens with one attached hydrogen (secondary N) is 2. The molecular formula is C13H24N6. The van der Waals surface area contributed by atoms with Crippen LogP contribution in [-0.4, -0.2) is 16.0 Å². The topological polar surface area (TPSA) is 79.1 Å². The van der Waals surface area contributed by atoms with Gasteiger partial charge in [0, 0.05) is 6.04 Å². The van der Waals surface area contributed by atoms with E-state index >= 15 is 0 Å². The molecule has 2 unspecified atom stereocenters. The summed E-state index contributed by atoms with van der Waals surface area (Å²) < 4.78 is 0. The van der Waals surface area contributed by atoms with Gasteiger partial charge in [0.1, 0.15) is 12.0 Å². The SMILES string of the molecule is CC.CC1CCCC(N2NNc3c(N)ncnc32)C1. The normalized spacial score (nSPS) is 25.1. The molecule has 1 fully saturated rings. The fraction of sp³-hybridized carbons (Fsp3) is 0.692. The van der Waals surface area contributed by atoms with Crippen molar-refractivity contribution in [2.45, 2.75) is 52.5 Å². The first-order valence-electron chi connectivity index (χ1n) is 7.17. The van der Waals surface area contributed by atoms with E-state index in [-0.39, 0.29) is 0 Å². The van der Waals surface area contributed by atoms with Crippen LogP contribution in [0, 0.1) is 5.92 Å². The number of nitrogens with zero attached hydrogens (tertiary/aromatic N) is 3. The molecule has 6 heteroatoms. The number of rotatable bonds is 1. The molecule has 0 amide bonds. The van der Waals surface area contributed by atoms with Gasteiger partial charge in [0.25, 0.3) is 0 Å². The van der Waals surface area contributed by atoms with Crippen LogP contribution in [0.3, 0.4) is 0 Å². The first-order chi connectivity index (χ1) is 9.25. The molecule has 0 saturated heterocycles. The van der Waals surface area contributed by atoms with Crippen molar-refractivity contribution in [3.63, 3.8) is 0 Å². The van der Waals surface area contributed by atoms with Gasteiger partial charge in [-0.15, -0.1) is 5.53 Å². The van der Waals surface area contributed by atoms with Crippen LogP contribution >= 0.6 is 0 Å². The fourth-order valence-corrected chi connectivity index (χ4v) is 2.76. The number of aromatic nitrogens is 2. The van der Waals surface area contributed by atoms with Gasteiger partial charge in [0.15, 0.2) is 11.6 Å². The van der Waals surface area contributed by atoms with Gasteiger partial charge in [-0.2, -0.15) is 0 Å². The number of nitrogen functional groups attached to an aromatic ring is 1. The molecule has 0 radical (unpaired) electrons. The van der Waals surface area contributed by atoms with Crippen molar-refractivity contribution < 1.29 is 0 Å². The Bertz CT molecular complexity index is 422. The summed E-state index contributed by atoms with van der Waals surface area (Å²) in [5.74, 6) is 2.14. The van der Waals surface area contributed by atoms with E-state index in [4.69, 9.17) is 5.73 Å². The molecule has 106 valence electrons. The number of hydrogen-bond acceptors (Lipinski definition) is 6. The van der Waals surface area contributed by atoms with Crippen molar-refractivity contribution in [1.82, 2.24) is 15.5 Å². The molecule has 1 aliphatic heterocycles. The van der Waals surface area contributed by atoms with Crippen molar-refractivity contribution in [1.29, 1.82) is 0 Å². The summed E-state index contributed by atoms with van der Waals surface area (Å²) in [6, 6.07) is 0.488. The van der Waals surface area contributed by atoms with Crippen LogP contribution in [0.5, 0.6) is 0 Å². The van der Waals surface area contributed by atoms with Gasteiger partial charge in [-0.3, -0.25) is 10.4 Å². The van der Waals surface area contributed by atoms with Gasteiger partial charge in [0.05, 0.1) is 0 Å². The minimum atomic E-state index is 0.488. The summed E-state index contributed by atoms with van der Waals surface area (Å²) in [5, 5.41) is 2.10. The molecule has 1 aromatic heterocycles. The molecule has 1 aliphatic carbocycles. The Morgan fingerprint density at radius 2 is 2.11 bits per heavy atom. The molecule has 0 spiro atoms. The van der Waals surface area contributed by atoms with Crippen molar-refractivity contribution in [3.05, 3.63) is 6.33 Å². The van der Waals surface area contributed by atoms with Gasteiger partial charge < -0.3 is 5.73 Å². The Labute approximate surface area is 114 Å². The van der Waals surface area contributed by atoms with Gasteiger partial charge in [0.2, 0.25) is 0 Å². The minimum absolute atomic E-state index is 0.488. The average Bonchev–Trinajstić information content (AvgIpc) is 2.86. The van der Waals surface area contributed by atoms with Gasteiger partial charge in [-0.1, -0.05) is 33.6 Å². The first kappa shape index (κ1) is 13.9. The second kappa shape index (κ2) is 6.06. The Morgan fingerprint density at radius 1 is 1.32 bits per heavy atom.